The first-order valence-electron chi connectivity index (χ1n) is 6.70. The fraction of sp³-hybridized carbons (Fsp3) is 0.0714. The van der Waals surface area contributed by atoms with E-state index in [4.69, 9.17) is 28.9 Å². The Morgan fingerprint density at radius 1 is 1.28 bits per heavy atom. The number of rotatable bonds is 3. The van der Waals surface area contributed by atoms with E-state index in [1.54, 1.807) is 18.3 Å². The van der Waals surface area contributed by atoms with E-state index in [1.807, 2.05) is 6.07 Å². The van der Waals surface area contributed by atoms with Crippen molar-refractivity contribution in [2.24, 2.45) is 7.05 Å². The maximum absolute atomic E-state index is 10.2. The zero-order valence-corrected chi connectivity index (χ0v) is 14.3. The lowest BCUT2D eigenvalue weighted by atomic mass is 10.2. The maximum Gasteiger partial charge on any atom is 0.434 e. The van der Waals surface area contributed by atoms with Crippen LogP contribution in [-0.2, 0) is 7.05 Å². The van der Waals surface area contributed by atoms with Crippen molar-refractivity contribution in [3.63, 3.8) is 0 Å². The van der Waals surface area contributed by atoms with Crippen molar-refractivity contribution >= 4 is 41.4 Å². The monoisotopic (exact) mass is 382 g/mol. The van der Waals surface area contributed by atoms with E-state index in [0.29, 0.717) is 22.3 Å². The predicted molar refractivity (Wildman–Crippen MR) is 93.7 cm³/mol. The third kappa shape index (κ3) is 4.34. The number of aldehydes is 1. The highest BCUT2D eigenvalue weighted by Gasteiger charge is 2.15. The van der Waals surface area contributed by atoms with Crippen molar-refractivity contribution in [2.75, 3.05) is 5.73 Å². The predicted octanol–water partition coefficient (Wildman–Crippen LogP) is 3.11. The topological polar surface area (TPSA) is 133 Å². The number of halogens is 2. The first-order valence-corrected chi connectivity index (χ1v) is 7.46. The molecule has 1 aromatic carbocycles. The van der Waals surface area contributed by atoms with E-state index in [0.717, 1.165) is 22.0 Å². The number of imidazole rings is 2. The van der Waals surface area contributed by atoms with Gasteiger partial charge in [0, 0.05) is 5.56 Å². The number of nitrogens with zero attached hydrogens (tertiary/aromatic N) is 4. The highest BCUT2D eigenvalue weighted by Crippen LogP contribution is 2.27. The Labute approximate surface area is 151 Å². The summed E-state index contributed by atoms with van der Waals surface area (Å²) in [6.07, 6.45) is 3.32. The largest absolute Gasteiger partial charge is 0.434 e. The number of nitrogen functional groups attached to an aromatic ring is 1. The molecule has 3 aromatic rings. The van der Waals surface area contributed by atoms with E-state index >= 15 is 0 Å². The van der Waals surface area contributed by atoms with E-state index < -0.39 is 4.92 Å². The second-order valence-corrected chi connectivity index (χ2v) is 5.54. The average Bonchev–Trinajstić information content (AvgIpc) is 3.16. The molecule has 3 rings (SSSR count). The molecule has 0 aliphatic rings. The zero-order valence-electron chi connectivity index (χ0n) is 12.8. The summed E-state index contributed by atoms with van der Waals surface area (Å²) in [6.45, 7) is 0. The van der Waals surface area contributed by atoms with Gasteiger partial charge in [0.2, 0.25) is 0 Å². The number of nitrogens with one attached hydrogen (secondary N) is 1. The van der Waals surface area contributed by atoms with Crippen molar-refractivity contribution in [3.05, 3.63) is 56.4 Å². The summed E-state index contributed by atoms with van der Waals surface area (Å²) in [5, 5.41) is 11.2. The molecule has 0 atom stereocenters. The van der Waals surface area contributed by atoms with E-state index in [-0.39, 0.29) is 11.6 Å². The fourth-order valence-electron chi connectivity index (χ4n) is 1.84. The van der Waals surface area contributed by atoms with Gasteiger partial charge in [-0.1, -0.05) is 34.3 Å². The molecule has 0 fully saturated rings. The molecular formula is C14H12Cl2N6O3. The summed E-state index contributed by atoms with van der Waals surface area (Å²) in [5.41, 5.74) is 7.38. The van der Waals surface area contributed by atoms with Gasteiger partial charge in [-0.25, -0.2) is 9.55 Å². The number of hydrogen-bond donors (Lipinski definition) is 2. The normalized spacial score (nSPS) is 10.0. The van der Waals surface area contributed by atoms with Gasteiger partial charge < -0.3 is 20.8 Å². The Hall–Kier alpha value is -2.91. The number of hydrogen-bond acceptors (Lipinski definition) is 6. The van der Waals surface area contributed by atoms with Gasteiger partial charge in [-0.2, -0.15) is 0 Å². The molecule has 9 nitrogen and oxygen atoms in total. The number of anilines is 1. The minimum absolute atomic E-state index is 0.191. The van der Waals surface area contributed by atoms with Crippen LogP contribution in [0.15, 0.2) is 30.6 Å². The van der Waals surface area contributed by atoms with Crippen LogP contribution in [-0.4, -0.2) is 30.7 Å². The van der Waals surface area contributed by atoms with Gasteiger partial charge in [0.25, 0.3) is 0 Å². The van der Waals surface area contributed by atoms with Crippen molar-refractivity contribution in [2.45, 2.75) is 0 Å². The molecular weight excluding hydrogens is 371 g/mol. The molecule has 0 aliphatic carbocycles. The third-order valence-corrected chi connectivity index (χ3v) is 3.85. The Bertz CT molecular complexity index is 921. The summed E-state index contributed by atoms with van der Waals surface area (Å²) in [7, 11) is 1.41. The quantitative estimate of drug-likeness (QED) is 0.406. The highest BCUT2D eigenvalue weighted by molar-refractivity contribution is 6.42. The zero-order chi connectivity index (χ0) is 18.6. The summed E-state index contributed by atoms with van der Waals surface area (Å²) in [5.74, 6) is 0.0539. The van der Waals surface area contributed by atoms with Crippen molar-refractivity contribution in [3.8, 4) is 11.3 Å². The van der Waals surface area contributed by atoms with Gasteiger partial charge in [0.15, 0.2) is 17.9 Å². The van der Waals surface area contributed by atoms with Gasteiger partial charge in [-0.15, -0.1) is 0 Å². The maximum atomic E-state index is 10.2. The van der Waals surface area contributed by atoms with E-state index in [1.165, 1.54) is 7.05 Å². The highest BCUT2D eigenvalue weighted by atomic mass is 35.5. The van der Waals surface area contributed by atoms with Crippen LogP contribution in [0.4, 0.5) is 11.9 Å². The number of aromatic amines is 1. The minimum atomic E-state index is -0.646. The number of nitrogens with two attached hydrogens (primary N) is 1. The fourth-order valence-corrected chi connectivity index (χ4v) is 2.14. The second-order valence-electron chi connectivity index (χ2n) is 4.73. The molecule has 0 amide bonds. The first kappa shape index (κ1) is 18.4. The number of nitro groups is 1. The molecule has 0 aliphatic heterocycles. The van der Waals surface area contributed by atoms with Gasteiger partial charge >= 0.3 is 5.95 Å². The molecule has 25 heavy (non-hydrogen) atoms. The smallest absolute Gasteiger partial charge is 0.390 e. The molecule has 2 heterocycles. The molecule has 0 radical (unpaired) electrons. The summed E-state index contributed by atoms with van der Waals surface area (Å²) in [6, 6.07) is 5.34. The van der Waals surface area contributed by atoms with Crippen LogP contribution in [0.2, 0.25) is 10.0 Å². The Morgan fingerprint density at radius 2 is 2.00 bits per heavy atom. The number of aromatic nitrogens is 4. The first-order chi connectivity index (χ1) is 11.8. The molecule has 130 valence electrons. The molecule has 11 heteroatoms. The molecule has 3 N–H and O–H groups in total. The van der Waals surface area contributed by atoms with Crippen molar-refractivity contribution in [1.29, 1.82) is 0 Å². The lowest BCUT2D eigenvalue weighted by Crippen LogP contribution is -2.00. The van der Waals surface area contributed by atoms with Crippen LogP contribution in [0.1, 0.15) is 10.5 Å². The Morgan fingerprint density at radius 3 is 2.44 bits per heavy atom. The number of H-pyrrole nitrogens is 1. The van der Waals surface area contributed by atoms with Crippen LogP contribution >= 0.6 is 23.2 Å². The van der Waals surface area contributed by atoms with E-state index in [2.05, 4.69) is 15.0 Å². The minimum Gasteiger partial charge on any atom is -0.390 e. The second kappa shape index (κ2) is 7.77. The van der Waals surface area contributed by atoms with Gasteiger partial charge in [-0.3, -0.25) is 4.79 Å². The van der Waals surface area contributed by atoms with E-state index in [9.17, 15) is 14.9 Å². The third-order valence-electron chi connectivity index (χ3n) is 3.11. The van der Waals surface area contributed by atoms with Crippen LogP contribution in [0.5, 0.6) is 0 Å². The number of carbonyl (C=O) groups excluding carboxylic acids is 1. The van der Waals surface area contributed by atoms with Crippen molar-refractivity contribution < 1.29 is 9.72 Å². The van der Waals surface area contributed by atoms with Crippen LogP contribution in [0.25, 0.3) is 11.3 Å². The van der Waals surface area contributed by atoms with Crippen LogP contribution < -0.4 is 5.73 Å². The van der Waals surface area contributed by atoms with Crippen LogP contribution in [0.3, 0.4) is 0 Å². The summed E-state index contributed by atoms with van der Waals surface area (Å²) in [4.78, 5) is 29.9. The Kier molecular flexibility index (Phi) is 5.73. The summed E-state index contributed by atoms with van der Waals surface area (Å²) < 4.78 is 1.12. The molecule has 2 aromatic heterocycles. The lowest BCUT2D eigenvalue weighted by molar-refractivity contribution is -0.396. The standard InChI is InChI=1S/C9H7Cl2N3.C5H5N3O3/c10-6-2-1-5(3-7(6)11)8-4-13-9(12)14-8;1-7-4(3-9)2-6-5(7)8(10)11/h1-4H,(H3,12,13,14);2-3H,1H3. The molecule has 0 spiro atoms. The summed E-state index contributed by atoms with van der Waals surface area (Å²) >= 11 is 11.7. The van der Waals surface area contributed by atoms with Crippen LogP contribution in [0, 0.1) is 10.1 Å². The SMILES string of the molecule is Cn1c(C=O)cnc1[N+](=O)[O-].Nc1ncc(-c2ccc(Cl)c(Cl)c2)[nH]1. The Balaban J connectivity index is 0.000000186. The van der Waals surface area contributed by atoms with Gasteiger partial charge in [0.1, 0.15) is 6.20 Å². The molecule has 0 unspecified atom stereocenters. The van der Waals surface area contributed by atoms with Gasteiger partial charge in [0.05, 0.1) is 29.0 Å². The van der Waals surface area contributed by atoms with Crippen molar-refractivity contribution in [1.82, 2.24) is 19.5 Å². The average molecular weight is 383 g/mol. The molecule has 0 saturated heterocycles. The molecule has 0 bridgehead atoms. The van der Waals surface area contributed by atoms with Gasteiger partial charge in [-0.05, 0) is 17.1 Å². The lowest BCUT2D eigenvalue weighted by Gasteiger charge is -1.99. The number of benzene rings is 1. The number of carbonyl (C=O) groups is 1. The molecule has 0 saturated carbocycles.